The van der Waals surface area contributed by atoms with Crippen molar-refractivity contribution in [1.29, 1.82) is 0 Å². The van der Waals surface area contributed by atoms with Gasteiger partial charge in [0.25, 0.3) is 0 Å². The summed E-state index contributed by atoms with van der Waals surface area (Å²) >= 11 is 0.660. The molecule has 0 fully saturated rings. The molecule has 1 nitrogen and oxygen atoms in total. The Labute approximate surface area is 165 Å². The Morgan fingerprint density at radius 3 is 2.39 bits per heavy atom. The summed E-state index contributed by atoms with van der Waals surface area (Å²) in [6, 6.07) is 19.3. The van der Waals surface area contributed by atoms with Crippen molar-refractivity contribution in [3.63, 3.8) is 0 Å². The van der Waals surface area contributed by atoms with E-state index in [2.05, 4.69) is 0 Å². The summed E-state index contributed by atoms with van der Waals surface area (Å²) in [5.41, 5.74) is 2.28. The van der Waals surface area contributed by atoms with Crippen molar-refractivity contribution in [3.05, 3.63) is 83.7 Å². The van der Waals surface area contributed by atoms with Crippen molar-refractivity contribution in [3.8, 4) is 16.9 Å². The molecule has 0 aliphatic heterocycles. The molecule has 0 aliphatic carbocycles. The van der Waals surface area contributed by atoms with Crippen LogP contribution in [0.1, 0.15) is 11.1 Å². The van der Waals surface area contributed by atoms with Gasteiger partial charge in [-0.25, -0.2) is 4.39 Å². The molecule has 0 aromatic heterocycles. The average molecular weight is 406 g/mol. The van der Waals surface area contributed by atoms with Gasteiger partial charge >= 0.3 is 6.18 Å². The molecule has 0 N–H and O–H groups in total. The van der Waals surface area contributed by atoms with Crippen LogP contribution in [0.25, 0.3) is 11.1 Å². The summed E-state index contributed by atoms with van der Waals surface area (Å²) in [5.74, 6) is -0.932. The van der Waals surface area contributed by atoms with Crippen LogP contribution in [0.4, 0.5) is 17.6 Å². The van der Waals surface area contributed by atoms with Gasteiger partial charge in [0.1, 0.15) is 18.2 Å². The number of benzene rings is 3. The molecule has 0 saturated carbocycles. The second-order valence-corrected chi connectivity index (χ2v) is 7.32. The summed E-state index contributed by atoms with van der Waals surface area (Å²) in [7, 11) is 0. The second-order valence-electron chi connectivity index (χ2n) is 6.30. The molecule has 0 unspecified atom stereocenters. The largest absolute Gasteiger partial charge is 0.489 e. The van der Waals surface area contributed by atoms with Crippen molar-refractivity contribution >= 4 is 11.8 Å². The molecule has 0 aliphatic rings. The van der Waals surface area contributed by atoms with Gasteiger partial charge in [-0.15, -0.1) is 11.8 Å². The molecule has 0 bridgehead atoms. The first-order chi connectivity index (χ1) is 13.3. The fourth-order valence-corrected chi connectivity index (χ4v) is 3.49. The van der Waals surface area contributed by atoms with Crippen LogP contribution in [0, 0.1) is 12.7 Å². The first-order valence-electron chi connectivity index (χ1n) is 8.59. The quantitative estimate of drug-likeness (QED) is 0.321. The second kappa shape index (κ2) is 8.69. The normalized spacial score (nSPS) is 11.5. The Morgan fingerprint density at radius 2 is 1.68 bits per heavy atom. The van der Waals surface area contributed by atoms with Gasteiger partial charge < -0.3 is 4.74 Å². The minimum atomic E-state index is -4.28. The highest BCUT2D eigenvalue weighted by Crippen LogP contribution is 2.35. The Balaban J connectivity index is 1.82. The lowest BCUT2D eigenvalue weighted by Crippen LogP contribution is -2.10. The van der Waals surface area contributed by atoms with Gasteiger partial charge in [0.05, 0.1) is 5.75 Å². The molecule has 0 amide bonds. The van der Waals surface area contributed by atoms with E-state index in [0.29, 0.717) is 40.1 Å². The number of alkyl halides is 3. The smallest absolute Gasteiger partial charge is 0.398 e. The van der Waals surface area contributed by atoms with Gasteiger partial charge in [0.2, 0.25) is 0 Å². The molecule has 0 saturated heterocycles. The van der Waals surface area contributed by atoms with Crippen molar-refractivity contribution in [2.24, 2.45) is 0 Å². The van der Waals surface area contributed by atoms with Gasteiger partial charge in [-0.2, -0.15) is 13.2 Å². The number of hydrogen-bond acceptors (Lipinski definition) is 2. The van der Waals surface area contributed by atoms with Gasteiger partial charge in [0, 0.05) is 10.5 Å². The fourth-order valence-electron chi connectivity index (χ4n) is 2.68. The lowest BCUT2D eigenvalue weighted by atomic mass is 10.0. The van der Waals surface area contributed by atoms with Crippen LogP contribution in [-0.4, -0.2) is 11.9 Å². The van der Waals surface area contributed by atoms with Crippen LogP contribution in [0.5, 0.6) is 5.75 Å². The summed E-state index contributed by atoms with van der Waals surface area (Å²) < 4.78 is 57.9. The minimum Gasteiger partial charge on any atom is -0.489 e. The molecule has 146 valence electrons. The number of thioether (sulfide) groups is 1. The van der Waals surface area contributed by atoms with Gasteiger partial charge in [-0.05, 0) is 47.9 Å². The molecule has 3 rings (SSSR count). The van der Waals surface area contributed by atoms with Crippen molar-refractivity contribution in [2.75, 3.05) is 5.75 Å². The van der Waals surface area contributed by atoms with E-state index < -0.39 is 17.7 Å². The third-order valence-electron chi connectivity index (χ3n) is 4.05. The number of aryl methyl sites for hydroxylation is 1. The van der Waals surface area contributed by atoms with Gasteiger partial charge in [0.15, 0.2) is 0 Å². The maximum atomic E-state index is 14.5. The van der Waals surface area contributed by atoms with Crippen LogP contribution in [-0.2, 0) is 6.61 Å². The van der Waals surface area contributed by atoms with Crippen LogP contribution >= 0.6 is 11.8 Å². The Bertz CT molecular complexity index is 939. The van der Waals surface area contributed by atoms with E-state index in [1.807, 2.05) is 30.3 Å². The van der Waals surface area contributed by atoms with Crippen LogP contribution < -0.4 is 4.74 Å². The summed E-state index contributed by atoms with van der Waals surface area (Å²) in [6.45, 7) is 1.97. The number of rotatable bonds is 6. The maximum Gasteiger partial charge on any atom is 0.398 e. The number of halogens is 4. The van der Waals surface area contributed by atoms with E-state index in [4.69, 9.17) is 4.74 Å². The predicted molar refractivity (Wildman–Crippen MR) is 104 cm³/mol. The Kier molecular flexibility index (Phi) is 6.29. The molecule has 0 heterocycles. The molecule has 28 heavy (non-hydrogen) atoms. The lowest BCUT2D eigenvalue weighted by Gasteiger charge is -2.13. The molecule has 3 aromatic carbocycles. The zero-order valence-electron chi connectivity index (χ0n) is 15.1. The topological polar surface area (TPSA) is 9.23 Å². The van der Waals surface area contributed by atoms with Gasteiger partial charge in [-0.3, -0.25) is 0 Å². The molecular formula is C22H18F4OS. The summed E-state index contributed by atoms with van der Waals surface area (Å²) in [4.78, 5) is 0.407. The fraction of sp³-hybridized carbons (Fsp3) is 0.182. The number of hydrogen-bond donors (Lipinski definition) is 0. The molecule has 6 heteroatoms. The molecular weight excluding hydrogens is 388 g/mol. The van der Waals surface area contributed by atoms with E-state index in [9.17, 15) is 17.6 Å². The van der Waals surface area contributed by atoms with Crippen molar-refractivity contribution < 1.29 is 22.3 Å². The highest BCUT2D eigenvalue weighted by Gasteiger charge is 2.27. The minimum absolute atomic E-state index is 0.250. The third-order valence-corrected chi connectivity index (χ3v) is 5.27. The molecule has 0 radical (unpaired) electrons. The molecule has 3 aromatic rings. The van der Waals surface area contributed by atoms with Crippen molar-refractivity contribution in [1.82, 2.24) is 0 Å². The summed E-state index contributed by atoms with van der Waals surface area (Å²) in [6.07, 6.45) is -4.28. The first-order valence-corrected chi connectivity index (χ1v) is 9.57. The van der Waals surface area contributed by atoms with E-state index in [1.165, 1.54) is 12.1 Å². The standard InChI is InChI=1S/C22H18F4OS/c1-15-10-20(23)19(12-21(15)28-14-22(24,25)26)17-8-5-9-18(11-17)27-13-16-6-3-2-4-7-16/h2-12H,13-14H2,1H3. The lowest BCUT2D eigenvalue weighted by molar-refractivity contribution is -0.105. The third kappa shape index (κ3) is 5.52. The van der Waals surface area contributed by atoms with E-state index in [1.54, 1.807) is 31.2 Å². The van der Waals surface area contributed by atoms with Crippen LogP contribution in [0.2, 0.25) is 0 Å². The zero-order valence-corrected chi connectivity index (χ0v) is 15.9. The molecule has 0 spiro atoms. The van der Waals surface area contributed by atoms with E-state index in [-0.39, 0.29) is 5.56 Å². The highest BCUT2D eigenvalue weighted by molar-refractivity contribution is 7.99. The Hall–Kier alpha value is -2.47. The highest BCUT2D eigenvalue weighted by atomic mass is 32.2. The predicted octanol–water partition coefficient (Wildman–Crippen LogP) is 7.03. The zero-order chi connectivity index (χ0) is 20.1. The van der Waals surface area contributed by atoms with Crippen LogP contribution in [0.15, 0.2) is 71.6 Å². The Morgan fingerprint density at radius 1 is 0.929 bits per heavy atom. The molecule has 0 atom stereocenters. The maximum absolute atomic E-state index is 14.5. The van der Waals surface area contributed by atoms with Crippen molar-refractivity contribution in [2.45, 2.75) is 24.6 Å². The average Bonchev–Trinajstić information content (AvgIpc) is 2.66. The van der Waals surface area contributed by atoms with E-state index >= 15 is 0 Å². The van der Waals surface area contributed by atoms with E-state index in [0.717, 1.165) is 5.56 Å². The number of ether oxygens (including phenoxy) is 1. The monoisotopic (exact) mass is 406 g/mol. The van der Waals surface area contributed by atoms with Crippen LogP contribution in [0.3, 0.4) is 0 Å². The first kappa shape index (κ1) is 20.3. The summed E-state index contributed by atoms with van der Waals surface area (Å²) in [5, 5.41) is 0. The van der Waals surface area contributed by atoms with Gasteiger partial charge in [-0.1, -0.05) is 42.5 Å². The SMILES string of the molecule is Cc1cc(F)c(-c2cccc(OCc3ccccc3)c2)cc1SCC(F)(F)F.